The van der Waals surface area contributed by atoms with Crippen LogP contribution in [-0.2, 0) is 6.54 Å². The van der Waals surface area contributed by atoms with Gasteiger partial charge < -0.3 is 15.2 Å². The molecule has 7 heteroatoms. The highest BCUT2D eigenvalue weighted by molar-refractivity contribution is 5.37. The fourth-order valence-electron chi connectivity index (χ4n) is 2.99. The molecule has 5 nitrogen and oxygen atoms in total. The van der Waals surface area contributed by atoms with E-state index in [1.54, 1.807) is 6.20 Å². The maximum absolute atomic E-state index is 14.1. The van der Waals surface area contributed by atoms with Crippen LogP contribution in [0, 0.1) is 18.6 Å². The second-order valence-corrected chi connectivity index (χ2v) is 6.51. The third-order valence-electron chi connectivity index (χ3n) is 4.55. The van der Waals surface area contributed by atoms with Crippen molar-refractivity contribution in [1.29, 1.82) is 0 Å². The number of ether oxygens (including phenoxy) is 1. The van der Waals surface area contributed by atoms with Gasteiger partial charge in [0.25, 0.3) is 0 Å². The van der Waals surface area contributed by atoms with E-state index < -0.39 is 11.6 Å². The zero-order valence-electron chi connectivity index (χ0n) is 15.8. The van der Waals surface area contributed by atoms with E-state index in [1.165, 1.54) is 16.8 Å². The molecule has 0 amide bonds. The molecule has 0 aliphatic rings. The minimum Gasteiger partial charge on any atom is -0.491 e. The number of nitrogens with zero attached hydrogens (tertiary/aromatic N) is 2. The molecule has 0 radical (unpaired) electrons. The lowest BCUT2D eigenvalue weighted by molar-refractivity contribution is 0.201. The Kier molecular flexibility index (Phi) is 6.38. The Balaban J connectivity index is 1.66. The zero-order valence-corrected chi connectivity index (χ0v) is 15.8. The van der Waals surface area contributed by atoms with E-state index in [0.29, 0.717) is 12.3 Å². The van der Waals surface area contributed by atoms with Crippen molar-refractivity contribution in [1.82, 2.24) is 15.1 Å². The Labute approximate surface area is 162 Å². The first-order valence-electron chi connectivity index (χ1n) is 9.05. The number of benzene rings is 2. The molecule has 28 heavy (non-hydrogen) atoms. The minimum absolute atomic E-state index is 0.0115. The molecule has 1 heterocycles. The van der Waals surface area contributed by atoms with Gasteiger partial charge in [0.2, 0.25) is 0 Å². The SMILES string of the molecule is Cc1c([C@@H](C)NCc2ccc(OCCO)cc2)cnn1-c1ccc(F)cc1F. The first-order chi connectivity index (χ1) is 13.5. The van der Waals surface area contributed by atoms with Crippen LogP contribution in [0.3, 0.4) is 0 Å². The monoisotopic (exact) mass is 387 g/mol. The molecule has 3 aromatic rings. The summed E-state index contributed by atoms with van der Waals surface area (Å²) in [6.07, 6.45) is 1.70. The molecule has 1 aromatic heterocycles. The third kappa shape index (κ3) is 4.55. The summed E-state index contributed by atoms with van der Waals surface area (Å²) >= 11 is 0. The van der Waals surface area contributed by atoms with Gasteiger partial charge >= 0.3 is 0 Å². The molecule has 0 spiro atoms. The van der Waals surface area contributed by atoms with Gasteiger partial charge in [-0.2, -0.15) is 5.10 Å². The second kappa shape index (κ2) is 8.95. The van der Waals surface area contributed by atoms with Crippen LogP contribution in [0.2, 0.25) is 0 Å². The first kappa shape index (κ1) is 20.0. The van der Waals surface area contributed by atoms with Crippen molar-refractivity contribution >= 4 is 0 Å². The number of hydrogen-bond acceptors (Lipinski definition) is 4. The van der Waals surface area contributed by atoms with Gasteiger partial charge in [-0.25, -0.2) is 13.5 Å². The maximum atomic E-state index is 14.1. The number of aliphatic hydroxyl groups is 1. The summed E-state index contributed by atoms with van der Waals surface area (Å²) in [6.45, 7) is 4.75. The number of rotatable bonds is 8. The third-order valence-corrected chi connectivity index (χ3v) is 4.55. The van der Waals surface area contributed by atoms with Crippen molar-refractivity contribution in [3.63, 3.8) is 0 Å². The van der Waals surface area contributed by atoms with Crippen LogP contribution in [0.5, 0.6) is 5.75 Å². The highest BCUT2D eigenvalue weighted by Gasteiger charge is 2.16. The smallest absolute Gasteiger partial charge is 0.151 e. The number of hydrogen-bond donors (Lipinski definition) is 2. The first-order valence-corrected chi connectivity index (χ1v) is 9.05. The zero-order chi connectivity index (χ0) is 20.1. The van der Waals surface area contributed by atoms with Crippen LogP contribution < -0.4 is 10.1 Å². The summed E-state index contributed by atoms with van der Waals surface area (Å²) in [7, 11) is 0. The molecule has 0 saturated heterocycles. The van der Waals surface area contributed by atoms with Crippen molar-refractivity contribution in [2.24, 2.45) is 0 Å². The van der Waals surface area contributed by atoms with Gasteiger partial charge in [-0.05, 0) is 43.7 Å². The summed E-state index contributed by atoms with van der Waals surface area (Å²) in [4.78, 5) is 0. The van der Waals surface area contributed by atoms with E-state index in [9.17, 15) is 8.78 Å². The van der Waals surface area contributed by atoms with Gasteiger partial charge in [0.05, 0.1) is 12.8 Å². The fourth-order valence-corrected chi connectivity index (χ4v) is 2.99. The predicted molar refractivity (Wildman–Crippen MR) is 102 cm³/mol. The average molecular weight is 387 g/mol. The molecule has 0 aliphatic carbocycles. The predicted octanol–water partition coefficient (Wildman–Crippen LogP) is 3.68. The van der Waals surface area contributed by atoms with Gasteiger partial charge in [-0.3, -0.25) is 0 Å². The van der Waals surface area contributed by atoms with E-state index in [0.717, 1.165) is 22.9 Å². The Morgan fingerprint density at radius 2 is 1.93 bits per heavy atom. The lowest BCUT2D eigenvalue weighted by Crippen LogP contribution is -2.18. The number of halogens is 2. The molecule has 1 atom stereocenters. The van der Waals surface area contributed by atoms with Crippen molar-refractivity contribution < 1.29 is 18.6 Å². The molecule has 148 valence electrons. The molecular formula is C21H23F2N3O2. The van der Waals surface area contributed by atoms with Crippen molar-refractivity contribution in [2.75, 3.05) is 13.2 Å². The normalized spacial score (nSPS) is 12.2. The average Bonchev–Trinajstić information content (AvgIpc) is 3.06. The Hall–Kier alpha value is -2.77. The van der Waals surface area contributed by atoms with Crippen LogP contribution in [0.15, 0.2) is 48.7 Å². The van der Waals surface area contributed by atoms with Crippen molar-refractivity contribution in [2.45, 2.75) is 26.4 Å². The lowest BCUT2D eigenvalue weighted by atomic mass is 10.1. The van der Waals surface area contributed by atoms with Gasteiger partial charge in [0.1, 0.15) is 23.9 Å². The van der Waals surface area contributed by atoms with Crippen molar-refractivity contribution in [3.8, 4) is 11.4 Å². The molecular weight excluding hydrogens is 364 g/mol. The van der Waals surface area contributed by atoms with E-state index in [4.69, 9.17) is 9.84 Å². The summed E-state index contributed by atoms with van der Waals surface area (Å²) in [5.41, 5.74) is 3.03. The van der Waals surface area contributed by atoms with E-state index in [-0.39, 0.29) is 24.9 Å². The Bertz CT molecular complexity index is 926. The van der Waals surface area contributed by atoms with Gasteiger partial charge in [0, 0.05) is 29.9 Å². The molecule has 0 aliphatic heterocycles. The number of aromatic nitrogens is 2. The highest BCUT2D eigenvalue weighted by atomic mass is 19.1. The molecule has 0 fully saturated rings. The van der Waals surface area contributed by atoms with Gasteiger partial charge in [0.15, 0.2) is 5.82 Å². The topological polar surface area (TPSA) is 59.3 Å². The number of nitrogens with one attached hydrogen (secondary N) is 1. The molecule has 2 aromatic carbocycles. The molecule has 3 rings (SSSR count). The maximum Gasteiger partial charge on any atom is 0.151 e. The quantitative estimate of drug-likeness (QED) is 0.619. The van der Waals surface area contributed by atoms with Gasteiger partial charge in [-0.1, -0.05) is 12.1 Å². The van der Waals surface area contributed by atoms with Crippen molar-refractivity contribution in [3.05, 3.63) is 77.1 Å². The Morgan fingerprint density at radius 3 is 2.61 bits per heavy atom. The second-order valence-electron chi connectivity index (χ2n) is 6.51. The van der Waals surface area contributed by atoms with E-state index in [1.807, 2.05) is 38.1 Å². The summed E-state index contributed by atoms with van der Waals surface area (Å²) in [6, 6.07) is 11.1. The van der Waals surface area contributed by atoms with Crippen LogP contribution >= 0.6 is 0 Å². The van der Waals surface area contributed by atoms with Crippen LogP contribution in [0.1, 0.15) is 29.8 Å². The minimum atomic E-state index is -0.651. The largest absolute Gasteiger partial charge is 0.491 e. The fraction of sp³-hybridized carbons (Fsp3) is 0.286. The number of aliphatic hydroxyl groups excluding tert-OH is 1. The standard InChI is InChI=1S/C21H23F2N3O2/c1-14(24-12-16-3-6-18(7-4-16)28-10-9-27)19-13-25-26(15(19)2)21-8-5-17(22)11-20(21)23/h3-8,11,13-14,24,27H,9-10,12H2,1-2H3/t14-/m1/s1. The van der Waals surface area contributed by atoms with Crippen LogP contribution in [0.4, 0.5) is 8.78 Å². The van der Waals surface area contributed by atoms with E-state index >= 15 is 0 Å². The summed E-state index contributed by atoms with van der Waals surface area (Å²) in [5.74, 6) is -0.555. The van der Waals surface area contributed by atoms with Crippen LogP contribution in [-0.4, -0.2) is 28.1 Å². The highest BCUT2D eigenvalue weighted by Crippen LogP contribution is 2.22. The summed E-state index contributed by atoms with van der Waals surface area (Å²) < 4.78 is 34.0. The lowest BCUT2D eigenvalue weighted by Gasteiger charge is -2.15. The van der Waals surface area contributed by atoms with E-state index in [2.05, 4.69) is 10.4 Å². The molecule has 0 bridgehead atoms. The Morgan fingerprint density at radius 1 is 1.18 bits per heavy atom. The molecule has 0 saturated carbocycles. The van der Waals surface area contributed by atoms with Crippen LogP contribution in [0.25, 0.3) is 5.69 Å². The summed E-state index contributed by atoms with van der Waals surface area (Å²) in [5, 5.41) is 16.5. The molecule has 0 unspecified atom stereocenters. The molecule has 2 N–H and O–H groups in total. The van der Waals surface area contributed by atoms with Gasteiger partial charge in [-0.15, -0.1) is 0 Å².